The molecular weight excluding hydrogens is 452 g/mol. The van der Waals surface area contributed by atoms with Gasteiger partial charge in [0.25, 0.3) is 0 Å². The van der Waals surface area contributed by atoms with Crippen molar-refractivity contribution in [2.24, 2.45) is 23.2 Å². The van der Waals surface area contributed by atoms with E-state index in [1.807, 2.05) is 4.90 Å². The first kappa shape index (κ1) is 23.8. The van der Waals surface area contributed by atoms with Crippen molar-refractivity contribution >= 4 is 45.0 Å². The normalized spacial score (nSPS) is 28.3. The maximum Gasteiger partial charge on any atom is 0.235 e. The number of thiazole rings is 1. The van der Waals surface area contributed by atoms with E-state index in [1.165, 1.54) is 36.7 Å². The van der Waals surface area contributed by atoms with Crippen molar-refractivity contribution in [1.29, 1.82) is 0 Å². The van der Waals surface area contributed by atoms with Gasteiger partial charge in [-0.3, -0.25) is 9.69 Å². The third-order valence-corrected chi connectivity index (χ3v) is 8.93. The Morgan fingerprint density at radius 3 is 2.22 bits per heavy atom. The van der Waals surface area contributed by atoms with Gasteiger partial charge < -0.3 is 4.90 Å². The molecule has 0 radical (unpaired) electrons. The number of nitrogens with zero attached hydrogens (tertiary/aromatic N) is 3. The predicted molar refractivity (Wildman–Crippen MR) is 128 cm³/mol. The van der Waals surface area contributed by atoms with E-state index in [1.54, 1.807) is 0 Å². The lowest BCUT2D eigenvalue weighted by Crippen LogP contribution is -2.55. The molecule has 1 aromatic heterocycles. The largest absolute Gasteiger partial charge is 0.302 e. The highest BCUT2D eigenvalue weighted by molar-refractivity contribution is 7.22. The van der Waals surface area contributed by atoms with Gasteiger partial charge in [-0.25, -0.2) is 13.8 Å². The van der Waals surface area contributed by atoms with E-state index >= 15 is 0 Å². The van der Waals surface area contributed by atoms with Crippen LogP contribution in [0.15, 0.2) is 12.1 Å². The minimum Gasteiger partial charge on any atom is -0.302 e. The maximum absolute atomic E-state index is 14.4. The van der Waals surface area contributed by atoms with Gasteiger partial charge in [0.2, 0.25) is 5.91 Å². The van der Waals surface area contributed by atoms with Crippen molar-refractivity contribution in [1.82, 2.24) is 9.88 Å². The number of rotatable bonds is 7. The van der Waals surface area contributed by atoms with Gasteiger partial charge in [0.15, 0.2) is 10.9 Å². The summed E-state index contributed by atoms with van der Waals surface area (Å²) in [5.74, 6) is 0.898. The summed E-state index contributed by atoms with van der Waals surface area (Å²) in [5.41, 5.74) is -0.132. The summed E-state index contributed by atoms with van der Waals surface area (Å²) in [5, 5.41) is 0.507. The van der Waals surface area contributed by atoms with E-state index in [4.69, 9.17) is 0 Å². The summed E-state index contributed by atoms with van der Waals surface area (Å²) < 4.78 is 28.6. The van der Waals surface area contributed by atoms with Crippen molar-refractivity contribution in [3.63, 3.8) is 0 Å². The molecule has 4 saturated carbocycles. The summed E-state index contributed by atoms with van der Waals surface area (Å²) >= 11 is 1.23. The fraction of sp³-hybridized carbons (Fsp3) is 0.667. The molecule has 1 amide bonds. The van der Waals surface area contributed by atoms with Crippen LogP contribution in [-0.2, 0) is 4.79 Å². The summed E-state index contributed by atoms with van der Waals surface area (Å²) in [6.07, 6.45) is 6.77. The SMILES string of the molecule is CCN(CC)CCN(C(=O)C12CC3CC(CC(C3)C1)C2)c1nc2c(F)cc(F)cc2s1.Cl. The molecule has 4 bridgehead atoms. The second kappa shape index (κ2) is 9.15. The molecule has 32 heavy (non-hydrogen) atoms. The highest BCUT2D eigenvalue weighted by atomic mass is 35.5. The van der Waals surface area contributed by atoms with Crippen molar-refractivity contribution in [2.45, 2.75) is 52.4 Å². The van der Waals surface area contributed by atoms with E-state index in [2.05, 4.69) is 23.7 Å². The van der Waals surface area contributed by atoms with Gasteiger partial charge >= 0.3 is 0 Å². The first-order chi connectivity index (χ1) is 14.9. The van der Waals surface area contributed by atoms with Crippen LogP contribution >= 0.6 is 23.7 Å². The summed E-state index contributed by atoms with van der Waals surface area (Å²) in [6, 6.07) is 2.18. The molecule has 6 rings (SSSR count). The smallest absolute Gasteiger partial charge is 0.235 e. The van der Waals surface area contributed by atoms with Crippen molar-refractivity contribution < 1.29 is 13.6 Å². The molecule has 8 heteroatoms. The molecule has 4 fully saturated rings. The number of aromatic nitrogens is 1. The average molecular weight is 484 g/mol. The molecule has 1 aromatic carbocycles. The molecule has 0 atom stereocenters. The third kappa shape index (κ3) is 4.16. The van der Waals surface area contributed by atoms with Crippen LogP contribution in [0.5, 0.6) is 0 Å². The molecule has 4 aliphatic carbocycles. The standard InChI is InChI=1S/C24H31F2N3OS.ClH/c1-3-28(4-2)5-6-29(23-27-21-19(26)10-18(25)11-20(21)31-23)22(30)24-12-15-7-16(13-24)9-17(8-15)14-24;/h10-11,15-17H,3-9,12-14H2,1-2H3;1H. The first-order valence-electron chi connectivity index (χ1n) is 11.7. The molecule has 0 unspecified atom stereocenters. The highest BCUT2D eigenvalue weighted by Crippen LogP contribution is 2.60. The monoisotopic (exact) mass is 483 g/mol. The number of hydrogen-bond donors (Lipinski definition) is 0. The molecule has 176 valence electrons. The molecule has 0 N–H and O–H groups in total. The Morgan fingerprint density at radius 1 is 1.06 bits per heavy atom. The number of carbonyl (C=O) groups is 1. The van der Waals surface area contributed by atoms with Crippen molar-refractivity contribution in [3.8, 4) is 0 Å². The average Bonchev–Trinajstić information content (AvgIpc) is 3.14. The lowest BCUT2D eigenvalue weighted by atomic mass is 9.49. The Labute approximate surface area is 198 Å². The van der Waals surface area contributed by atoms with Gasteiger partial charge in [0.1, 0.15) is 11.3 Å². The molecule has 0 saturated heterocycles. The van der Waals surface area contributed by atoms with Gasteiger partial charge in [-0.15, -0.1) is 12.4 Å². The van der Waals surface area contributed by atoms with Crippen LogP contribution in [-0.4, -0.2) is 42.0 Å². The fourth-order valence-electron chi connectivity index (χ4n) is 6.79. The van der Waals surface area contributed by atoms with Crippen LogP contribution in [0.4, 0.5) is 13.9 Å². The Kier molecular flexibility index (Phi) is 6.81. The Hall–Kier alpha value is -1.31. The summed E-state index contributed by atoms with van der Waals surface area (Å²) in [7, 11) is 0. The second-order valence-electron chi connectivity index (χ2n) is 9.91. The van der Waals surface area contributed by atoms with Gasteiger partial charge in [0, 0.05) is 19.2 Å². The Balaban J connectivity index is 0.00000245. The first-order valence-corrected chi connectivity index (χ1v) is 12.5. The van der Waals surface area contributed by atoms with Crippen LogP contribution < -0.4 is 4.90 Å². The quantitative estimate of drug-likeness (QED) is 0.492. The van der Waals surface area contributed by atoms with Crippen LogP contribution in [0.1, 0.15) is 52.4 Å². The van der Waals surface area contributed by atoms with Gasteiger partial charge in [0.05, 0.1) is 10.1 Å². The van der Waals surface area contributed by atoms with E-state index in [0.717, 1.165) is 45.0 Å². The number of likely N-dealkylation sites (N-methyl/N-ethyl adjacent to an activating group) is 1. The zero-order valence-corrected chi connectivity index (χ0v) is 20.4. The van der Waals surface area contributed by atoms with E-state index in [0.29, 0.717) is 34.1 Å². The number of benzene rings is 1. The highest BCUT2D eigenvalue weighted by Gasteiger charge is 2.56. The molecular formula is C24H32ClF2N3OS. The molecule has 1 heterocycles. The van der Waals surface area contributed by atoms with Gasteiger partial charge in [-0.05, 0) is 75.4 Å². The molecule has 0 aliphatic heterocycles. The molecule has 4 nitrogen and oxygen atoms in total. The topological polar surface area (TPSA) is 36.4 Å². The maximum atomic E-state index is 14.4. The second-order valence-corrected chi connectivity index (χ2v) is 10.9. The van der Waals surface area contributed by atoms with Crippen LogP contribution in [0.2, 0.25) is 0 Å². The summed E-state index contributed by atoms with van der Waals surface area (Å²) in [6.45, 7) is 7.34. The van der Waals surface area contributed by atoms with Crippen LogP contribution in [0.3, 0.4) is 0 Å². The fourth-order valence-corrected chi connectivity index (χ4v) is 7.81. The lowest BCUT2D eigenvalue weighted by Gasteiger charge is -2.56. The van der Waals surface area contributed by atoms with E-state index in [9.17, 15) is 13.6 Å². The Morgan fingerprint density at radius 2 is 1.66 bits per heavy atom. The Bertz CT molecular complexity index is 958. The number of amides is 1. The number of anilines is 1. The van der Waals surface area contributed by atoms with E-state index in [-0.39, 0.29) is 29.2 Å². The number of fused-ring (bicyclic) bond motifs is 1. The zero-order chi connectivity index (χ0) is 21.8. The van der Waals surface area contributed by atoms with Gasteiger partial charge in [-0.1, -0.05) is 25.2 Å². The van der Waals surface area contributed by atoms with Crippen molar-refractivity contribution in [2.75, 3.05) is 31.1 Å². The van der Waals surface area contributed by atoms with Crippen LogP contribution in [0.25, 0.3) is 10.2 Å². The van der Waals surface area contributed by atoms with Crippen molar-refractivity contribution in [3.05, 3.63) is 23.8 Å². The predicted octanol–water partition coefficient (Wildman–Crippen LogP) is 5.89. The van der Waals surface area contributed by atoms with Gasteiger partial charge in [-0.2, -0.15) is 0 Å². The number of halogens is 3. The number of hydrogen-bond acceptors (Lipinski definition) is 4. The lowest BCUT2D eigenvalue weighted by molar-refractivity contribution is -0.143. The number of carbonyl (C=O) groups excluding carboxylic acids is 1. The third-order valence-electron chi connectivity index (χ3n) is 7.90. The summed E-state index contributed by atoms with van der Waals surface area (Å²) in [4.78, 5) is 22.7. The van der Waals surface area contributed by atoms with Crippen LogP contribution in [0, 0.1) is 34.8 Å². The molecule has 0 spiro atoms. The van der Waals surface area contributed by atoms with E-state index < -0.39 is 11.6 Å². The molecule has 2 aromatic rings. The molecule has 4 aliphatic rings. The minimum atomic E-state index is -0.663. The zero-order valence-electron chi connectivity index (χ0n) is 18.8. The minimum absolute atomic E-state index is 0.